The second kappa shape index (κ2) is 8.59. The van der Waals surface area contributed by atoms with Crippen LogP contribution in [0.3, 0.4) is 0 Å². The second-order valence-electron chi connectivity index (χ2n) is 6.32. The van der Waals surface area contributed by atoms with Gasteiger partial charge in [0.1, 0.15) is 11.3 Å². The molecule has 0 bridgehead atoms. The molecular formula is C21H20Cl2N2O2. The summed E-state index contributed by atoms with van der Waals surface area (Å²) in [5.74, 6) is -0.130. The summed E-state index contributed by atoms with van der Waals surface area (Å²) >= 11 is 12.8. The zero-order chi connectivity index (χ0) is 19.4. The first-order valence-corrected chi connectivity index (χ1v) is 9.58. The maximum absolute atomic E-state index is 12.4. The molecule has 0 spiro atoms. The number of carbonyl (C=O) groups excluding carboxylic acids is 1. The lowest BCUT2D eigenvalue weighted by molar-refractivity contribution is -0.121. The molecule has 1 amide bonds. The second-order valence-corrected chi connectivity index (χ2v) is 7.14. The summed E-state index contributed by atoms with van der Waals surface area (Å²) in [7, 11) is 0. The summed E-state index contributed by atoms with van der Waals surface area (Å²) in [6.45, 7) is 2.03. The molecular weight excluding hydrogens is 383 g/mol. The molecule has 0 saturated carbocycles. The minimum Gasteiger partial charge on any atom is -0.505 e. The van der Waals surface area contributed by atoms with Crippen molar-refractivity contribution in [2.24, 2.45) is 0 Å². The van der Waals surface area contributed by atoms with Gasteiger partial charge in [-0.05, 0) is 36.2 Å². The highest BCUT2D eigenvalue weighted by atomic mass is 35.5. The number of benzene rings is 2. The van der Waals surface area contributed by atoms with E-state index in [0.29, 0.717) is 38.5 Å². The van der Waals surface area contributed by atoms with E-state index in [4.69, 9.17) is 23.2 Å². The van der Waals surface area contributed by atoms with Crippen molar-refractivity contribution in [3.63, 3.8) is 0 Å². The zero-order valence-electron chi connectivity index (χ0n) is 14.9. The van der Waals surface area contributed by atoms with E-state index in [1.54, 1.807) is 30.5 Å². The lowest BCUT2D eigenvalue weighted by Gasteiger charge is -2.23. The van der Waals surface area contributed by atoms with E-state index in [-0.39, 0.29) is 11.7 Å². The molecule has 0 aliphatic heterocycles. The number of phenolic OH excluding ortho intramolecular Hbond substituents is 1. The van der Waals surface area contributed by atoms with Crippen molar-refractivity contribution in [2.45, 2.75) is 32.2 Å². The predicted molar refractivity (Wildman–Crippen MR) is 109 cm³/mol. The van der Waals surface area contributed by atoms with Gasteiger partial charge in [0.2, 0.25) is 5.91 Å². The molecule has 0 aliphatic rings. The smallest absolute Gasteiger partial charge is 0.220 e. The third kappa shape index (κ3) is 4.18. The van der Waals surface area contributed by atoms with E-state index in [1.807, 2.05) is 25.1 Å². The Morgan fingerprint density at radius 3 is 2.67 bits per heavy atom. The number of nitrogens with zero attached hydrogens (tertiary/aromatic N) is 1. The topological polar surface area (TPSA) is 62.2 Å². The number of aromatic nitrogens is 1. The SMILES string of the molecule is CCCCC(=O)NC(c1ccccc1Cl)c1cc(Cl)c2cccnc2c1O. The van der Waals surface area contributed by atoms with E-state index in [2.05, 4.69) is 10.3 Å². The molecule has 0 aliphatic carbocycles. The summed E-state index contributed by atoms with van der Waals surface area (Å²) < 4.78 is 0. The molecule has 27 heavy (non-hydrogen) atoms. The number of carbonyl (C=O) groups is 1. The molecule has 3 aromatic rings. The van der Waals surface area contributed by atoms with Gasteiger partial charge in [-0.1, -0.05) is 54.7 Å². The van der Waals surface area contributed by atoms with Crippen molar-refractivity contribution < 1.29 is 9.90 Å². The minimum absolute atomic E-state index is 0.0179. The fourth-order valence-electron chi connectivity index (χ4n) is 3.03. The van der Waals surface area contributed by atoms with Gasteiger partial charge in [-0.2, -0.15) is 0 Å². The monoisotopic (exact) mass is 402 g/mol. The van der Waals surface area contributed by atoms with Gasteiger partial charge in [-0.3, -0.25) is 9.78 Å². The van der Waals surface area contributed by atoms with Gasteiger partial charge >= 0.3 is 0 Å². The van der Waals surface area contributed by atoms with Crippen LogP contribution in [0.4, 0.5) is 0 Å². The Hall–Kier alpha value is -2.30. The fourth-order valence-corrected chi connectivity index (χ4v) is 3.54. The first-order chi connectivity index (χ1) is 13.0. The fraction of sp³-hybridized carbons (Fsp3) is 0.238. The molecule has 3 rings (SSSR count). The Bertz CT molecular complexity index is 976. The highest BCUT2D eigenvalue weighted by molar-refractivity contribution is 6.35. The van der Waals surface area contributed by atoms with Crippen LogP contribution in [0.25, 0.3) is 10.9 Å². The summed E-state index contributed by atoms with van der Waals surface area (Å²) in [5, 5.41) is 15.5. The van der Waals surface area contributed by atoms with Gasteiger partial charge in [0, 0.05) is 28.6 Å². The average Bonchev–Trinajstić information content (AvgIpc) is 2.68. The van der Waals surface area contributed by atoms with Crippen LogP contribution in [0, 0.1) is 0 Å². The van der Waals surface area contributed by atoms with Crippen LogP contribution in [0.15, 0.2) is 48.7 Å². The molecule has 4 nitrogen and oxygen atoms in total. The molecule has 2 N–H and O–H groups in total. The Morgan fingerprint density at radius 2 is 1.93 bits per heavy atom. The summed E-state index contributed by atoms with van der Waals surface area (Å²) in [6, 6.07) is 11.8. The Morgan fingerprint density at radius 1 is 1.15 bits per heavy atom. The molecule has 140 valence electrons. The van der Waals surface area contributed by atoms with Crippen LogP contribution in [0.2, 0.25) is 10.0 Å². The summed E-state index contributed by atoms with van der Waals surface area (Å²) in [4.78, 5) is 16.7. The van der Waals surface area contributed by atoms with Crippen LogP contribution in [0.5, 0.6) is 5.75 Å². The number of halogens is 2. The number of pyridine rings is 1. The maximum Gasteiger partial charge on any atom is 0.220 e. The maximum atomic E-state index is 12.4. The quantitative estimate of drug-likeness (QED) is 0.560. The molecule has 0 radical (unpaired) electrons. The molecule has 1 unspecified atom stereocenters. The van der Waals surface area contributed by atoms with Crippen molar-refractivity contribution in [3.05, 3.63) is 69.8 Å². The standard InChI is InChI=1S/C21H20Cl2N2O2/c1-2-3-10-18(26)25-19(13-7-4-5-9-16(13)22)15-12-17(23)14-8-6-11-24-20(14)21(15)27/h4-9,11-12,19,27H,2-3,10H2,1H3,(H,25,26). The number of rotatable bonds is 6. The van der Waals surface area contributed by atoms with Gasteiger partial charge < -0.3 is 10.4 Å². The lowest BCUT2D eigenvalue weighted by atomic mass is 9.95. The van der Waals surface area contributed by atoms with E-state index in [0.717, 1.165) is 12.8 Å². The predicted octanol–water partition coefficient (Wildman–Crippen LogP) is 5.64. The normalized spacial score (nSPS) is 12.1. The largest absolute Gasteiger partial charge is 0.505 e. The van der Waals surface area contributed by atoms with Crippen molar-refractivity contribution in [1.82, 2.24) is 10.3 Å². The third-order valence-electron chi connectivity index (χ3n) is 4.43. The van der Waals surface area contributed by atoms with Gasteiger partial charge in [0.15, 0.2) is 0 Å². The molecule has 2 aromatic carbocycles. The van der Waals surface area contributed by atoms with Crippen molar-refractivity contribution in [1.29, 1.82) is 0 Å². The first kappa shape index (κ1) is 19.5. The number of amides is 1. The Kier molecular flexibility index (Phi) is 6.19. The van der Waals surface area contributed by atoms with Gasteiger partial charge in [0.05, 0.1) is 11.1 Å². The number of unbranched alkanes of at least 4 members (excludes halogenated alkanes) is 1. The van der Waals surface area contributed by atoms with Crippen molar-refractivity contribution in [2.75, 3.05) is 0 Å². The highest BCUT2D eigenvalue weighted by Gasteiger charge is 2.24. The number of hydrogen-bond donors (Lipinski definition) is 2. The van der Waals surface area contributed by atoms with Crippen LogP contribution in [-0.4, -0.2) is 16.0 Å². The summed E-state index contributed by atoms with van der Waals surface area (Å²) in [5.41, 5.74) is 1.54. The van der Waals surface area contributed by atoms with E-state index >= 15 is 0 Å². The van der Waals surface area contributed by atoms with E-state index in [1.165, 1.54) is 0 Å². The molecule has 1 atom stereocenters. The van der Waals surface area contributed by atoms with Crippen LogP contribution >= 0.6 is 23.2 Å². The van der Waals surface area contributed by atoms with Gasteiger partial charge in [-0.25, -0.2) is 0 Å². The minimum atomic E-state index is -0.632. The number of hydrogen-bond acceptors (Lipinski definition) is 3. The highest BCUT2D eigenvalue weighted by Crippen LogP contribution is 2.39. The van der Waals surface area contributed by atoms with E-state index in [9.17, 15) is 9.90 Å². The molecule has 0 saturated heterocycles. The van der Waals surface area contributed by atoms with Gasteiger partial charge in [0.25, 0.3) is 0 Å². The summed E-state index contributed by atoms with van der Waals surface area (Å²) in [6.07, 6.45) is 3.69. The average molecular weight is 403 g/mol. The molecule has 1 aromatic heterocycles. The molecule has 0 fully saturated rings. The van der Waals surface area contributed by atoms with Crippen molar-refractivity contribution >= 4 is 40.0 Å². The van der Waals surface area contributed by atoms with Gasteiger partial charge in [-0.15, -0.1) is 0 Å². The van der Waals surface area contributed by atoms with Crippen molar-refractivity contribution in [3.8, 4) is 5.75 Å². The number of fused-ring (bicyclic) bond motifs is 1. The lowest BCUT2D eigenvalue weighted by Crippen LogP contribution is -2.29. The van der Waals surface area contributed by atoms with Crippen LogP contribution in [-0.2, 0) is 4.79 Å². The molecule has 1 heterocycles. The number of phenols is 1. The number of aromatic hydroxyl groups is 1. The Balaban J connectivity index is 2.13. The van der Waals surface area contributed by atoms with Crippen LogP contribution in [0.1, 0.15) is 43.4 Å². The van der Waals surface area contributed by atoms with E-state index < -0.39 is 6.04 Å². The zero-order valence-corrected chi connectivity index (χ0v) is 16.4. The van der Waals surface area contributed by atoms with Crippen LogP contribution < -0.4 is 5.32 Å². The number of nitrogens with one attached hydrogen (secondary N) is 1. The third-order valence-corrected chi connectivity index (χ3v) is 5.09. The first-order valence-electron chi connectivity index (χ1n) is 8.82. The molecule has 6 heteroatoms. The Labute approximate surface area is 168 Å².